The number of piperidine rings is 1. The van der Waals surface area contributed by atoms with Crippen LogP contribution in [0.2, 0.25) is 0 Å². The largest absolute Gasteiger partial charge is 0.334 e. The molecule has 1 saturated heterocycles. The van der Waals surface area contributed by atoms with Gasteiger partial charge >= 0.3 is 0 Å². The molecule has 5 heterocycles. The fourth-order valence-corrected chi connectivity index (χ4v) is 4.91. The van der Waals surface area contributed by atoms with Crippen molar-refractivity contribution in [3.63, 3.8) is 0 Å². The summed E-state index contributed by atoms with van der Waals surface area (Å²) in [5.74, 6) is 1.74. The standard InChI is InChI=1S/C21H26N6O/c1-24-11-7-22-20(24)18-4-5-19-17-12-16(14-27(19)21(18)28)13-25(15-17)8-3-10-26-9-2-6-23-26/h2,4-7,9,11,16-17H,3,8,10,12-15H2,1H3/t16-,17+/m0/s1. The normalized spacial score (nSPS) is 21.6. The summed E-state index contributed by atoms with van der Waals surface area (Å²) in [4.78, 5) is 20.1. The highest BCUT2D eigenvalue weighted by Crippen LogP contribution is 2.35. The van der Waals surface area contributed by atoms with Crippen LogP contribution < -0.4 is 5.56 Å². The molecule has 2 bridgehead atoms. The number of hydrogen-bond donors (Lipinski definition) is 0. The Bertz CT molecular complexity index is 1020. The van der Waals surface area contributed by atoms with E-state index in [2.05, 4.69) is 21.0 Å². The van der Waals surface area contributed by atoms with Crippen molar-refractivity contribution in [2.75, 3.05) is 19.6 Å². The lowest BCUT2D eigenvalue weighted by molar-refractivity contribution is 0.118. The number of nitrogens with zero attached hydrogens (tertiary/aromatic N) is 6. The van der Waals surface area contributed by atoms with Crippen molar-refractivity contribution in [1.82, 2.24) is 28.8 Å². The Morgan fingerprint density at radius 1 is 1.11 bits per heavy atom. The molecule has 5 rings (SSSR count). The quantitative estimate of drug-likeness (QED) is 0.681. The van der Waals surface area contributed by atoms with E-state index < -0.39 is 0 Å². The minimum absolute atomic E-state index is 0.105. The monoisotopic (exact) mass is 378 g/mol. The number of hydrogen-bond acceptors (Lipinski definition) is 4. The summed E-state index contributed by atoms with van der Waals surface area (Å²) in [7, 11) is 1.93. The Balaban J connectivity index is 1.34. The molecule has 0 amide bonds. The summed E-state index contributed by atoms with van der Waals surface area (Å²) in [6, 6.07) is 6.09. The van der Waals surface area contributed by atoms with Crippen LogP contribution in [0.3, 0.4) is 0 Å². The Morgan fingerprint density at radius 2 is 2.04 bits per heavy atom. The van der Waals surface area contributed by atoms with Crippen LogP contribution in [-0.2, 0) is 20.1 Å². The van der Waals surface area contributed by atoms with Crippen molar-refractivity contribution < 1.29 is 0 Å². The maximum absolute atomic E-state index is 13.2. The number of pyridine rings is 1. The minimum atomic E-state index is 0.105. The first-order valence-electron chi connectivity index (χ1n) is 10.1. The molecule has 1 fully saturated rings. The number of likely N-dealkylation sites (tertiary alicyclic amines) is 1. The molecule has 0 aromatic carbocycles. The van der Waals surface area contributed by atoms with Gasteiger partial charge in [-0.05, 0) is 43.5 Å². The molecule has 28 heavy (non-hydrogen) atoms. The number of aromatic nitrogens is 5. The molecule has 3 aromatic rings. The van der Waals surface area contributed by atoms with Gasteiger partial charge in [0, 0.05) is 69.6 Å². The van der Waals surface area contributed by atoms with Crippen LogP contribution in [-0.4, -0.2) is 48.4 Å². The van der Waals surface area contributed by atoms with Crippen molar-refractivity contribution in [3.8, 4) is 11.4 Å². The second kappa shape index (κ2) is 7.05. The lowest BCUT2D eigenvalue weighted by Gasteiger charge is -2.43. The van der Waals surface area contributed by atoms with E-state index in [4.69, 9.17) is 0 Å². The fourth-order valence-electron chi connectivity index (χ4n) is 4.91. The van der Waals surface area contributed by atoms with Crippen LogP contribution in [0.1, 0.15) is 24.5 Å². The van der Waals surface area contributed by atoms with Crippen LogP contribution >= 0.6 is 0 Å². The highest BCUT2D eigenvalue weighted by molar-refractivity contribution is 5.54. The molecule has 7 nitrogen and oxygen atoms in total. The van der Waals surface area contributed by atoms with Gasteiger partial charge in [-0.1, -0.05) is 0 Å². The molecule has 0 spiro atoms. The first kappa shape index (κ1) is 17.4. The summed E-state index contributed by atoms with van der Waals surface area (Å²) in [6.07, 6.45) is 9.78. The topological polar surface area (TPSA) is 60.9 Å². The molecule has 2 atom stereocenters. The van der Waals surface area contributed by atoms with Gasteiger partial charge < -0.3 is 14.0 Å². The van der Waals surface area contributed by atoms with Gasteiger partial charge in [-0.25, -0.2) is 4.98 Å². The van der Waals surface area contributed by atoms with Crippen molar-refractivity contribution in [2.24, 2.45) is 13.0 Å². The number of fused-ring (bicyclic) bond motifs is 4. The van der Waals surface area contributed by atoms with E-state index in [9.17, 15) is 4.79 Å². The van der Waals surface area contributed by atoms with E-state index in [1.807, 2.05) is 51.6 Å². The van der Waals surface area contributed by atoms with Gasteiger partial charge in [0.1, 0.15) is 5.82 Å². The van der Waals surface area contributed by atoms with Crippen LogP contribution in [0.4, 0.5) is 0 Å². The number of imidazole rings is 1. The van der Waals surface area contributed by atoms with E-state index in [0.29, 0.717) is 17.4 Å². The smallest absolute Gasteiger partial charge is 0.261 e. The zero-order valence-corrected chi connectivity index (χ0v) is 16.2. The van der Waals surface area contributed by atoms with Gasteiger partial charge in [-0.2, -0.15) is 5.10 Å². The van der Waals surface area contributed by atoms with Crippen molar-refractivity contribution in [2.45, 2.75) is 31.8 Å². The predicted molar refractivity (Wildman–Crippen MR) is 107 cm³/mol. The van der Waals surface area contributed by atoms with Gasteiger partial charge in [0.2, 0.25) is 0 Å². The zero-order chi connectivity index (χ0) is 19.1. The van der Waals surface area contributed by atoms with Crippen LogP contribution in [0, 0.1) is 5.92 Å². The van der Waals surface area contributed by atoms with Crippen molar-refractivity contribution >= 4 is 0 Å². The molecule has 3 aromatic heterocycles. The average molecular weight is 378 g/mol. The number of rotatable bonds is 5. The summed E-state index contributed by atoms with van der Waals surface area (Å²) < 4.78 is 5.93. The van der Waals surface area contributed by atoms with E-state index >= 15 is 0 Å². The Hall–Kier alpha value is -2.67. The molecule has 0 N–H and O–H groups in total. The Kier molecular flexibility index (Phi) is 4.39. The van der Waals surface area contributed by atoms with E-state index in [0.717, 1.165) is 45.0 Å². The molecule has 0 unspecified atom stereocenters. The third-order valence-electron chi connectivity index (χ3n) is 6.16. The predicted octanol–water partition coefficient (Wildman–Crippen LogP) is 1.95. The zero-order valence-electron chi connectivity index (χ0n) is 16.2. The van der Waals surface area contributed by atoms with Crippen LogP contribution in [0.25, 0.3) is 11.4 Å². The highest BCUT2D eigenvalue weighted by atomic mass is 16.1. The molecule has 2 aliphatic heterocycles. The summed E-state index contributed by atoms with van der Waals surface area (Å²) in [5.41, 5.74) is 2.00. The number of aryl methyl sites for hydroxylation is 2. The molecule has 2 aliphatic rings. The maximum atomic E-state index is 13.2. The summed E-state index contributed by atoms with van der Waals surface area (Å²) in [6.45, 7) is 4.98. The second-order valence-electron chi connectivity index (χ2n) is 8.13. The second-order valence-corrected chi connectivity index (χ2v) is 8.13. The molecule has 0 aliphatic carbocycles. The molecular weight excluding hydrogens is 352 g/mol. The Morgan fingerprint density at radius 3 is 2.82 bits per heavy atom. The third kappa shape index (κ3) is 3.09. The summed E-state index contributed by atoms with van der Waals surface area (Å²) in [5, 5.41) is 4.28. The maximum Gasteiger partial charge on any atom is 0.261 e. The van der Waals surface area contributed by atoms with E-state index in [1.54, 1.807) is 6.20 Å². The van der Waals surface area contributed by atoms with Crippen molar-refractivity contribution in [3.05, 3.63) is 59.0 Å². The highest BCUT2D eigenvalue weighted by Gasteiger charge is 2.34. The summed E-state index contributed by atoms with van der Waals surface area (Å²) >= 11 is 0. The van der Waals surface area contributed by atoms with Gasteiger partial charge in [0.05, 0.1) is 5.56 Å². The molecular formula is C21H26N6O. The van der Waals surface area contributed by atoms with E-state index in [1.165, 1.54) is 12.1 Å². The lowest BCUT2D eigenvalue weighted by Crippen LogP contribution is -2.47. The Labute approximate surface area is 164 Å². The average Bonchev–Trinajstić information content (AvgIpc) is 3.35. The lowest BCUT2D eigenvalue weighted by atomic mass is 9.83. The molecule has 146 valence electrons. The van der Waals surface area contributed by atoms with Gasteiger partial charge in [-0.3, -0.25) is 9.48 Å². The SMILES string of the molecule is Cn1ccnc1-c1ccc2n(c1=O)C[C@H]1C[C@@H]2CN(CCCn2cccn2)C1. The van der Waals surface area contributed by atoms with E-state index in [-0.39, 0.29) is 5.56 Å². The third-order valence-corrected chi connectivity index (χ3v) is 6.16. The molecule has 0 saturated carbocycles. The fraction of sp³-hybridized carbons (Fsp3) is 0.476. The van der Waals surface area contributed by atoms with Gasteiger partial charge in [0.15, 0.2) is 0 Å². The first-order chi connectivity index (χ1) is 13.7. The van der Waals surface area contributed by atoms with Crippen molar-refractivity contribution in [1.29, 1.82) is 0 Å². The van der Waals surface area contributed by atoms with Crippen LogP contribution in [0.15, 0.2) is 47.8 Å². The molecule has 0 radical (unpaired) electrons. The first-order valence-corrected chi connectivity index (χ1v) is 10.1. The molecule has 7 heteroatoms. The van der Waals surface area contributed by atoms with Gasteiger partial charge in [-0.15, -0.1) is 0 Å². The van der Waals surface area contributed by atoms with Gasteiger partial charge in [0.25, 0.3) is 5.56 Å². The van der Waals surface area contributed by atoms with Crippen LogP contribution in [0.5, 0.6) is 0 Å². The minimum Gasteiger partial charge on any atom is -0.334 e.